The monoisotopic (exact) mass is 188 g/mol. The maximum absolute atomic E-state index is 5.95. The molecule has 74 valence electrons. The summed E-state index contributed by atoms with van der Waals surface area (Å²) < 4.78 is 0. The summed E-state index contributed by atoms with van der Waals surface area (Å²) in [5.41, 5.74) is 9.59. The molecule has 0 aromatic heterocycles. The highest BCUT2D eigenvalue weighted by molar-refractivity contribution is 5.51. The van der Waals surface area contributed by atoms with Crippen molar-refractivity contribution in [3.8, 4) is 0 Å². The summed E-state index contributed by atoms with van der Waals surface area (Å²) in [6.07, 6.45) is 3.05. The fourth-order valence-corrected chi connectivity index (χ4v) is 2.00. The van der Waals surface area contributed by atoms with Crippen molar-refractivity contribution in [2.45, 2.75) is 13.0 Å². The maximum Gasteiger partial charge on any atom is 0.0362 e. The second-order valence-corrected chi connectivity index (χ2v) is 3.76. The van der Waals surface area contributed by atoms with E-state index >= 15 is 0 Å². The van der Waals surface area contributed by atoms with E-state index in [1.807, 2.05) is 18.2 Å². The lowest BCUT2D eigenvalue weighted by Gasteiger charge is -2.28. The van der Waals surface area contributed by atoms with E-state index in [1.165, 1.54) is 11.1 Å². The van der Waals surface area contributed by atoms with Crippen molar-refractivity contribution in [3.63, 3.8) is 0 Å². The maximum atomic E-state index is 5.95. The van der Waals surface area contributed by atoms with Gasteiger partial charge in [0, 0.05) is 25.3 Å². The number of nitrogen functional groups attached to an aromatic ring is 1. The molecule has 1 heterocycles. The number of rotatable bonds is 2. The van der Waals surface area contributed by atoms with Gasteiger partial charge in [0.1, 0.15) is 0 Å². The smallest absolute Gasteiger partial charge is 0.0362 e. The Morgan fingerprint density at radius 3 is 3.14 bits per heavy atom. The average Bonchev–Trinajstić information content (AvgIpc) is 2.20. The molecule has 0 amide bonds. The zero-order valence-electron chi connectivity index (χ0n) is 8.37. The van der Waals surface area contributed by atoms with Gasteiger partial charge in [0.05, 0.1) is 0 Å². The number of hydrogen-bond acceptors (Lipinski definition) is 2. The predicted molar refractivity (Wildman–Crippen MR) is 60.0 cm³/mol. The number of benzene rings is 1. The molecule has 2 N–H and O–H groups in total. The van der Waals surface area contributed by atoms with Crippen LogP contribution in [0.5, 0.6) is 0 Å². The van der Waals surface area contributed by atoms with Gasteiger partial charge in [-0.05, 0) is 23.6 Å². The average molecular weight is 188 g/mol. The number of nitrogens with two attached hydrogens (primary N) is 1. The molecular weight excluding hydrogens is 172 g/mol. The van der Waals surface area contributed by atoms with Crippen molar-refractivity contribution in [1.82, 2.24) is 4.90 Å². The number of hydrogen-bond donors (Lipinski definition) is 1. The van der Waals surface area contributed by atoms with Crippen molar-refractivity contribution in [2.75, 3.05) is 18.8 Å². The fraction of sp³-hybridized carbons (Fsp3) is 0.333. The molecule has 14 heavy (non-hydrogen) atoms. The molecule has 1 aromatic carbocycles. The van der Waals surface area contributed by atoms with E-state index in [1.54, 1.807) is 0 Å². The Balaban J connectivity index is 2.24. The molecule has 0 unspecified atom stereocenters. The van der Waals surface area contributed by atoms with Crippen LogP contribution in [0.15, 0.2) is 30.9 Å². The summed E-state index contributed by atoms with van der Waals surface area (Å²) in [7, 11) is 0. The number of fused-ring (bicyclic) bond motifs is 1. The molecule has 0 aliphatic carbocycles. The Morgan fingerprint density at radius 2 is 2.36 bits per heavy atom. The summed E-state index contributed by atoms with van der Waals surface area (Å²) in [6.45, 7) is 6.79. The van der Waals surface area contributed by atoms with Crippen LogP contribution in [0.4, 0.5) is 5.69 Å². The molecule has 0 radical (unpaired) electrons. The van der Waals surface area contributed by atoms with Crippen LogP contribution in [0, 0.1) is 0 Å². The van der Waals surface area contributed by atoms with Gasteiger partial charge >= 0.3 is 0 Å². The van der Waals surface area contributed by atoms with Crippen molar-refractivity contribution in [1.29, 1.82) is 0 Å². The van der Waals surface area contributed by atoms with E-state index in [4.69, 9.17) is 5.73 Å². The van der Waals surface area contributed by atoms with Crippen molar-refractivity contribution in [2.24, 2.45) is 0 Å². The van der Waals surface area contributed by atoms with E-state index in [2.05, 4.69) is 17.5 Å². The van der Waals surface area contributed by atoms with Gasteiger partial charge in [-0.25, -0.2) is 0 Å². The van der Waals surface area contributed by atoms with Crippen molar-refractivity contribution >= 4 is 5.69 Å². The first-order valence-corrected chi connectivity index (χ1v) is 5.00. The molecule has 2 rings (SSSR count). The van der Waals surface area contributed by atoms with E-state index in [0.29, 0.717) is 0 Å². The zero-order chi connectivity index (χ0) is 9.97. The van der Waals surface area contributed by atoms with Gasteiger partial charge in [0.15, 0.2) is 0 Å². The molecule has 1 aliphatic rings. The Morgan fingerprint density at radius 1 is 1.50 bits per heavy atom. The van der Waals surface area contributed by atoms with Crippen LogP contribution < -0.4 is 5.73 Å². The fourth-order valence-electron chi connectivity index (χ4n) is 2.00. The minimum Gasteiger partial charge on any atom is -0.398 e. The molecule has 1 aliphatic heterocycles. The van der Waals surface area contributed by atoms with Gasteiger partial charge in [-0.15, -0.1) is 6.58 Å². The van der Waals surface area contributed by atoms with Crippen LogP contribution in [0.1, 0.15) is 11.1 Å². The van der Waals surface area contributed by atoms with Gasteiger partial charge in [0.2, 0.25) is 0 Å². The summed E-state index contributed by atoms with van der Waals surface area (Å²) >= 11 is 0. The molecule has 2 heteroatoms. The predicted octanol–water partition coefficient (Wildman–Crippen LogP) is 1.81. The lowest BCUT2D eigenvalue weighted by atomic mass is 9.98. The molecule has 1 aromatic rings. The van der Waals surface area contributed by atoms with Gasteiger partial charge in [-0.2, -0.15) is 0 Å². The standard InChI is InChI=1S/C12H16N2/c1-2-7-14-8-6-10-4-3-5-12(13)11(10)9-14/h2-5H,1,6-9,13H2. The lowest BCUT2D eigenvalue weighted by Crippen LogP contribution is -2.31. The number of anilines is 1. The molecular formula is C12H16N2. The third-order valence-electron chi connectivity index (χ3n) is 2.78. The highest BCUT2D eigenvalue weighted by Crippen LogP contribution is 2.23. The third kappa shape index (κ3) is 1.66. The van der Waals surface area contributed by atoms with Crippen LogP contribution >= 0.6 is 0 Å². The highest BCUT2D eigenvalue weighted by atomic mass is 15.1. The molecule has 0 saturated carbocycles. The Kier molecular flexibility index (Phi) is 2.55. The topological polar surface area (TPSA) is 29.3 Å². The van der Waals surface area contributed by atoms with Crippen LogP contribution in [0.3, 0.4) is 0 Å². The third-order valence-corrected chi connectivity index (χ3v) is 2.78. The minimum absolute atomic E-state index is 0.927. The van der Waals surface area contributed by atoms with Crippen LogP contribution in [-0.2, 0) is 13.0 Å². The second-order valence-electron chi connectivity index (χ2n) is 3.76. The SMILES string of the molecule is C=CCN1CCc2cccc(N)c2C1. The van der Waals surface area contributed by atoms with Crippen LogP contribution in [0.25, 0.3) is 0 Å². The molecule has 0 atom stereocenters. The van der Waals surface area contributed by atoms with Crippen LogP contribution in [-0.4, -0.2) is 18.0 Å². The normalized spacial score (nSPS) is 16.3. The van der Waals surface area contributed by atoms with E-state index in [0.717, 1.165) is 31.7 Å². The largest absolute Gasteiger partial charge is 0.398 e. The van der Waals surface area contributed by atoms with E-state index in [9.17, 15) is 0 Å². The second kappa shape index (κ2) is 3.84. The summed E-state index contributed by atoms with van der Waals surface area (Å²) in [5.74, 6) is 0. The molecule has 2 nitrogen and oxygen atoms in total. The first kappa shape index (κ1) is 9.28. The first-order valence-electron chi connectivity index (χ1n) is 5.00. The highest BCUT2D eigenvalue weighted by Gasteiger charge is 2.16. The van der Waals surface area contributed by atoms with E-state index < -0.39 is 0 Å². The van der Waals surface area contributed by atoms with Crippen molar-refractivity contribution in [3.05, 3.63) is 42.0 Å². The Hall–Kier alpha value is -1.28. The van der Waals surface area contributed by atoms with Crippen LogP contribution in [0.2, 0.25) is 0 Å². The summed E-state index contributed by atoms with van der Waals surface area (Å²) in [4.78, 5) is 2.37. The zero-order valence-corrected chi connectivity index (χ0v) is 8.37. The lowest BCUT2D eigenvalue weighted by molar-refractivity contribution is 0.282. The molecule has 0 bridgehead atoms. The number of nitrogens with zero attached hydrogens (tertiary/aromatic N) is 1. The minimum atomic E-state index is 0.927. The Bertz CT molecular complexity index is 344. The summed E-state index contributed by atoms with van der Waals surface area (Å²) in [6, 6.07) is 6.20. The quantitative estimate of drug-likeness (QED) is 0.566. The molecule has 0 fully saturated rings. The van der Waals surface area contributed by atoms with Crippen molar-refractivity contribution < 1.29 is 0 Å². The summed E-state index contributed by atoms with van der Waals surface area (Å²) in [5, 5.41) is 0. The van der Waals surface area contributed by atoms with Gasteiger partial charge in [-0.1, -0.05) is 18.2 Å². The van der Waals surface area contributed by atoms with E-state index in [-0.39, 0.29) is 0 Å². The Labute approximate surface area is 85.0 Å². The van der Waals surface area contributed by atoms with Gasteiger partial charge in [-0.3, -0.25) is 4.90 Å². The van der Waals surface area contributed by atoms with Gasteiger partial charge < -0.3 is 5.73 Å². The first-order chi connectivity index (χ1) is 6.81. The molecule has 0 saturated heterocycles. The van der Waals surface area contributed by atoms with Gasteiger partial charge in [0.25, 0.3) is 0 Å². The molecule has 0 spiro atoms.